The molecule has 0 saturated heterocycles. The highest BCUT2D eigenvalue weighted by atomic mass is 19.1. The fourth-order valence-electron chi connectivity index (χ4n) is 0.972. The number of esters is 1. The molecule has 0 N–H and O–H groups in total. The summed E-state index contributed by atoms with van der Waals surface area (Å²) in [5.74, 6) is -0.936. The Morgan fingerprint density at radius 1 is 1.50 bits per heavy atom. The van der Waals surface area contributed by atoms with E-state index in [0.717, 1.165) is 0 Å². The lowest BCUT2D eigenvalue weighted by Crippen LogP contribution is -2.06. The van der Waals surface area contributed by atoms with Crippen molar-refractivity contribution >= 4 is 5.97 Å². The lowest BCUT2D eigenvalue weighted by molar-refractivity contribution is -0.144. The predicted molar refractivity (Wildman–Crippen MR) is 46.5 cm³/mol. The Bertz CT molecular complexity index is 367. The molecule has 0 aliphatic heterocycles. The van der Waals surface area contributed by atoms with Gasteiger partial charge in [-0.1, -0.05) is 12.1 Å². The second-order valence-corrected chi connectivity index (χ2v) is 2.67. The third-order valence-corrected chi connectivity index (χ3v) is 1.57. The van der Waals surface area contributed by atoms with E-state index in [4.69, 9.17) is 10.00 Å². The number of ether oxygens (including phenoxy) is 1. The van der Waals surface area contributed by atoms with Crippen molar-refractivity contribution in [2.24, 2.45) is 0 Å². The average Bonchev–Trinajstić information content (AvgIpc) is 2.15. The standard InChI is InChI=1S/C10H8FNO2/c1-7(13)14-10(6-12)8-2-4-9(11)5-3-8/h2-5,10H,1H3. The fourth-order valence-corrected chi connectivity index (χ4v) is 0.972. The minimum absolute atomic E-state index is 0.395. The van der Waals surface area contributed by atoms with Gasteiger partial charge in [0.05, 0.1) is 0 Å². The van der Waals surface area contributed by atoms with Gasteiger partial charge in [0.2, 0.25) is 6.10 Å². The normalized spacial score (nSPS) is 11.5. The third-order valence-electron chi connectivity index (χ3n) is 1.57. The second-order valence-electron chi connectivity index (χ2n) is 2.67. The van der Waals surface area contributed by atoms with Gasteiger partial charge < -0.3 is 4.74 Å². The van der Waals surface area contributed by atoms with Gasteiger partial charge in [0.25, 0.3) is 0 Å². The van der Waals surface area contributed by atoms with Crippen molar-refractivity contribution in [2.45, 2.75) is 13.0 Å². The molecule has 0 saturated carbocycles. The largest absolute Gasteiger partial charge is 0.442 e. The molecule has 0 bridgehead atoms. The van der Waals surface area contributed by atoms with Crippen molar-refractivity contribution in [3.63, 3.8) is 0 Å². The van der Waals surface area contributed by atoms with Gasteiger partial charge in [-0.25, -0.2) is 4.39 Å². The molecule has 0 heterocycles. The number of hydrogen-bond acceptors (Lipinski definition) is 3. The SMILES string of the molecule is CC(=O)OC(C#N)c1ccc(F)cc1. The smallest absolute Gasteiger partial charge is 0.304 e. The molecule has 1 rings (SSSR count). The molecule has 0 aliphatic carbocycles. The summed E-state index contributed by atoms with van der Waals surface area (Å²) in [5, 5.41) is 8.68. The maximum absolute atomic E-state index is 12.5. The highest BCUT2D eigenvalue weighted by molar-refractivity contribution is 5.66. The van der Waals surface area contributed by atoms with Gasteiger partial charge in [-0.05, 0) is 12.1 Å². The first-order valence-corrected chi connectivity index (χ1v) is 3.96. The maximum Gasteiger partial charge on any atom is 0.304 e. The Morgan fingerprint density at radius 3 is 2.50 bits per heavy atom. The molecule has 0 amide bonds. The van der Waals surface area contributed by atoms with Gasteiger partial charge >= 0.3 is 5.97 Å². The lowest BCUT2D eigenvalue weighted by atomic mass is 10.1. The van der Waals surface area contributed by atoms with Crippen LogP contribution in [0.3, 0.4) is 0 Å². The first-order valence-electron chi connectivity index (χ1n) is 3.96. The van der Waals surface area contributed by atoms with Crippen LogP contribution in [0.15, 0.2) is 24.3 Å². The van der Waals surface area contributed by atoms with E-state index in [2.05, 4.69) is 0 Å². The van der Waals surface area contributed by atoms with Crippen LogP contribution in [0.4, 0.5) is 4.39 Å². The number of hydrogen-bond donors (Lipinski definition) is 0. The highest BCUT2D eigenvalue weighted by Crippen LogP contribution is 2.16. The first kappa shape index (κ1) is 10.2. The topological polar surface area (TPSA) is 50.1 Å². The summed E-state index contributed by atoms with van der Waals surface area (Å²) >= 11 is 0. The molecule has 0 aliphatic rings. The molecule has 1 unspecified atom stereocenters. The number of benzene rings is 1. The van der Waals surface area contributed by atoms with Crippen molar-refractivity contribution in [3.8, 4) is 6.07 Å². The Labute approximate surface area is 80.7 Å². The van der Waals surface area contributed by atoms with Crippen LogP contribution in [0.5, 0.6) is 0 Å². The van der Waals surface area contributed by atoms with E-state index in [1.54, 1.807) is 6.07 Å². The Hall–Kier alpha value is -1.89. The van der Waals surface area contributed by atoms with Crippen LogP contribution in [-0.4, -0.2) is 5.97 Å². The summed E-state index contributed by atoms with van der Waals surface area (Å²) in [7, 11) is 0. The van der Waals surface area contributed by atoms with Gasteiger partial charge in [0.15, 0.2) is 0 Å². The van der Waals surface area contributed by atoms with Gasteiger partial charge in [0.1, 0.15) is 11.9 Å². The Morgan fingerprint density at radius 2 is 2.07 bits per heavy atom. The van der Waals surface area contributed by atoms with Crippen molar-refractivity contribution in [3.05, 3.63) is 35.6 Å². The zero-order valence-corrected chi connectivity index (χ0v) is 7.53. The third kappa shape index (κ3) is 2.56. The van der Waals surface area contributed by atoms with Gasteiger partial charge in [-0.15, -0.1) is 0 Å². The summed E-state index contributed by atoms with van der Waals surface area (Å²) < 4.78 is 17.2. The molecule has 0 aromatic heterocycles. The summed E-state index contributed by atoms with van der Waals surface area (Å²) in [4.78, 5) is 10.6. The zero-order chi connectivity index (χ0) is 10.6. The highest BCUT2D eigenvalue weighted by Gasteiger charge is 2.12. The van der Waals surface area contributed by atoms with Gasteiger partial charge in [0, 0.05) is 12.5 Å². The van der Waals surface area contributed by atoms with Crippen molar-refractivity contribution in [2.75, 3.05) is 0 Å². The Balaban J connectivity index is 2.85. The van der Waals surface area contributed by atoms with Gasteiger partial charge in [-0.3, -0.25) is 4.79 Å². The molecule has 72 valence electrons. The van der Waals surface area contributed by atoms with Crippen LogP contribution < -0.4 is 0 Å². The molecule has 0 radical (unpaired) electrons. The monoisotopic (exact) mass is 193 g/mol. The number of rotatable bonds is 2. The van der Waals surface area contributed by atoms with Crippen LogP contribution in [0, 0.1) is 17.1 Å². The molecule has 1 aromatic carbocycles. The molecule has 4 heteroatoms. The van der Waals surface area contributed by atoms with Crippen LogP contribution in [0.25, 0.3) is 0 Å². The summed E-state index contributed by atoms with van der Waals surface area (Å²) in [6, 6.07) is 7.04. The van der Waals surface area contributed by atoms with Crippen molar-refractivity contribution in [1.82, 2.24) is 0 Å². The number of carbonyl (C=O) groups excluding carboxylic acids is 1. The summed E-state index contributed by atoms with van der Waals surface area (Å²) in [5.41, 5.74) is 0.462. The quantitative estimate of drug-likeness (QED) is 0.674. The van der Waals surface area contributed by atoms with E-state index in [1.807, 2.05) is 0 Å². The molecule has 3 nitrogen and oxygen atoms in total. The molecule has 14 heavy (non-hydrogen) atoms. The van der Waals surface area contributed by atoms with E-state index in [9.17, 15) is 9.18 Å². The molecular formula is C10H8FNO2. The van der Waals surface area contributed by atoms with Gasteiger partial charge in [-0.2, -0.15) is 5.26 Å². The zero-order valence-electron chi connectivity index (χ0n) is 7.53. The Kier molecular flexibility index (Phi) is 3.19. The lowest BCUT2D eigenvalue weighted by Gasteiger charge is -2.08. The average molecular weight is 193 g/mol. The minimum Gasteiger partial charge on any atom is -0.442 e. The minimum atomic E-state index is -0.965. The summed E-state index contributed by atoms with van der Waals surface area (Å²) in [6.45, 7) is 1.22. The van der Waals surface area contributed by atoms with Crippen LogP contribution >= 0.6 is 0 Å². The molecular weight excluding hydrogens is 185 g/mol. The van der Waals surface area contributed by atoms with Crippen LogP contribution in [-0.2, 0) is 9.53 Å². The number of halogens is 1. The first-order chi connectivity index (χ1) is 6.63. The van der Waals surface area contributed by atoms with Crippen molar-refractivity contribution < 1.29 is 13.9 Å². The van der Waals surface area contributed by atoms with Crippen LogP contribution in [0.2, 0.25) is 0 Å². The number of carbonyl (C=O) groups is 1. The van der Waals surface area contributed by atoms with Crippen LogP contribution in [0.1, 0.15) is 18.6 Å². The van der Waals surface area contributed by atoms with E-state index >= 15 is 0 Å². The number of nitriles is 1. The van der Waals surface area contributed by atoms with E-state index in [1.165, 1.54) is 31.2 Å². The molecule has 0 spiro atoms. The number of nitrogens with zero attached hydrogens (tertiary/aromatic N) is 1. The fraction of sp³-hybridized carbons (Fsp3) is 0.200. The van der Waals surface area contributed by atoms with E-state index < -0.39 is 17.9 Å². The summed E-state index contributed by atoms with van der Waals surface area (Å²) in [6.07, 6.45) is -0.965. The molecule has 1 atom stereocenters. The molecule has 1 aromatic rings. The van der Waals surface area contributed by atoms with E-state index in [0.29, 0.717) is 5.56 Å². The van der Waals surface area contributed by atoms with E-state index in [-0.39, 0.29) is 0 Å². The second kappa shape index (κ2) is 4.38. The van der Waals surface area contributed by atoms with Crippen molar-refractivity contribution in [1.29, 1.82) is 5.26 Å². The molecule has 0 fully saturated rings. The predicted octanol–water partition coefficient (Wildman–Crippen LogP) is 1.95. The maximum atomic E-state index is 12.5.